The van der Waals surface area contributed by atoms with E-state index in [1.165, 1.54) is 0 Å². The topological polar surface area (TPSA) is 39.2 Å². The largest absolute Gasteiger partial charge is 0.464 e. The molecule has 0 amide bonds. The molecule has 1 heterocycles. The van der Waals surface area contributed by atoms with Gasteiger partial charge in [0.15, 0.2) is 5.69 Å². The molecule has 0 radical (unpaired) electrons. The second kappa shape index (κ2) is 5.02. The van der Waals surface area contributed by atoms with E-state index >= 15 is 0 Å². The molecule has 0 bridgehead atoms. The molecule has 0 saturated heterocycles. The molecule has 0 aliphatic carbocycles. The summed E-state index contributed by atoms with van der Waals surface area (Å²) in [6.07, 6.45) is -1.56. The maximum atomic E-state index is 12.5. The minimum atomic E-state index is -2.69. The monoisotopic (exact) mass is 235 g/mol. The Labute approximate surface area is 90.0 Å². The first-order valence-electron chi connectivity index (χ1n) is 4.02. The number of hydrogen-bond donors (Lipinski definition) is 0. The zero-order chi connectivity index (χ0) is 11.4. The number of hydrogen-bond acceptors (Lipinski definition) is 3. The third kappa shape index (κ3) is 2.41. The van der Waals surface area contributed by atoms with Crippen molar-refractivity contribution in [2.24, 2.45) is 0 Å². The van der Waals surface area contributed by atoms with Gasteiger partial charge in [-0.05, 0) is 6.07 Å². The molecule has 82 valence electrons. The average molecular weight is 236 g/mol. The van der Waals surface area contributed by atoms with E-state index in [-0.39, 0.29) is 22.7 Å². The van der Waals surface area contributed by atoms with Crippen LogP contribution in [-0.4, -0.2) is 18.1 Å². The Bertz CT molecular complexity index is 371. The highest BCUT2D eigenvalue weighted by atomic mass is 35.5. The van der Waals surface area contributed by atoms with Gasteiger partial charge in [0.25, 0.3) is 6.43 Å². The predicted molar refractivity (Wildman–Crippen MR) is 50.1 cm³/mol. The van der Waals surface area contributed by atoms with Crippen LogP contribution in [0.15, 0.2) is 12.3 Å². The number of rotatable bonds is 3. The lowest BCUT2D eigenvalue weighted by Gasteiger charge is -2.09. The van der Waals surface area contributed by atoms with Crippen molar-refractivity contribution in [3.05, 3.63) is 29.1 Å². The second-order valence-electron chi connectivity index (χ2n) is 2.65. The van der Waals surface area contributed by atoms with Crippen molar-refractivity contribution in [1.82, 2.24) is 4.98 Å². The first-order valence-corrected chi connectivity index (χ1v) is 4.55. The minimum absolute atomic E-state index is 0.0148. The lowest BCUT2D eigenvalue weighted by molar-refractivity contribution is 0.0592. The number of nitrogens with zero attached hydrogens (tertiary/aromatic N) is 1. The summed E-state index contributed by atoms with van der Waals surface area (Å²) in [6.45, 7) is 0. The van der Waals surface area contributed by atoms with Gasteiger partial charge in [0.1, 0.15) is 0 Å². The summed E-state index contributed by atoms with van der Waals surface area (Å²) in [5.41, 5.74) is -0.438. The van der Waals surface area contributed by atoms with Crippen LogP contribution in [0.25, 0.3) is 0 Å². The number of ether oxygens (including phenoxy) is 1. The molecule has 0 N–H and O–H groups in total. The van der Waals surface area contributed by atoms with Crippen LogP contribution in [-0.2, 0) is 10.6 Å². The Morgan fingerprint density at radius 1 is 1.67 bits per heavy atom. The second-order valence-corrected chi connectivity index (χ2v) is 2.92. The third-order valence-corrected chi connectivity index (χ3v) is 2.11. The van der Waals surface area contributed by atoms with Gasteiger partial charge in [0.2, 0.25) is 0 Å². The Balaban J connectivity index is 3.28. The predicted octanol–water partition coefficient (Wildman–Crippen LogP) is 2.54. The fourth-order valence-electron chi connectivity index (χ4n) is 1.12. The van der Waals surface area contributed by atoms with E-state index in [0.717, 1.165) is 19.4 Å². The summed E-state index contributed by atoms with van der Waals surface area (Å²) in [4.78, 5) is 14.9. The molecule has 1 aromatic rings. The zero-order valence-electron chi connectivity index (χ0n) is 7.84. The molecule has 0 atom stereocenters. The average Bonchev–Trinajstić information content (AvgIpc) is 2.26. The third-order valence-electron chi connectivity index (χ3n) is 1.84. The van der Waals surface area contributed by atoms with Crippen molar-refractivity contribution < 1.29 is 18.3 Å². The molecule has 0 fully saturated rings. The van der Waals surface area contributed by atoms with Gasteiger partial charge in [-0.15, -0.1) is 11.6 Å². The molecule has 1 rings (SSSR count). The van der Waals surface area contributed by atoms with Gasteiger partial charge in [-0.25, -0.2) is 18.6 Å². The summed E-state index contributed by atoms with van der Waals surface area (Å²) >= 11 is 5.50. The molecule has 0 saturated carbocycles. The molecule has 0 aliphatic heterocycles. The number of alkyl halides is 3. The Hall–Kier alpha value is -1.23. The van der Waals surface area contributed by atoms with Crippen LogP contribution >= 0.6 is 11.6 Å². The molecule has 0 aliphatic rings. The van der Waals surface area contributed by atoms with E-state index in [1.807, 2.05) is 0 Å². The molecule has 0 aromatic carbocycles. The first-order chi connectivity index (χ1) is 7.11. The van der Waals surface area contributed by atoms with E-state index in [4.69, 9.17) is 11.6 Å². The Kier molecular flexibility index (Phi) is 3.96. The Morgan fingerprint density at radius 3 is 2.80 bits per heavy atom. The van der Waals surface area contributed by atoms with Gasteiger partial charge < -0.3 is 4.74 Å². The van der Waals surface area contributed by atoms with Crippen molar-refractivity contribution in [1.29, 1.82) is 0 Å². The van der Waals surface area contributed by atoms with Gasteiger partial charge >= 0.3 is 5.97 Å². The van der Waals surface area contributed by atoms with E-state index in [0.29, 0.717) is 0 Å². The van der Waals surface area contributed by atoms with Gasteiger partial charge in [-0.3, -0.25) is 0 Å². The van der Waals surface area contributed by atoms with Crippen LogP contribution in [0, 0.1) is 0 Å². The fraction of sp³-hybridized carbons (Fsp3) is 0.333. The highest BCUT2D eigenvalue weighted by Gasteiger charge is 2.20. The Morgan fingerprint density at radius 2 is 2.33 bits per heavy atom. The lowest BCUT2D eigenvalue weighted by Crippen LogP contribution is -2.10. The van der Waals surface area contributed by atoms with Gasteiger partial charge in [-0.2, -0.15) is 0 Å². The first kappa shape index (κ1) is 11.8. The number of carbonyl (C=O) groups is 1. The van der Waals surface area contributed by atoms with Crippen molar-refractivity contribution in [3.8, 4) is 0 Å². The number of methoxy groups -OCH3 is 1. The molecule has 6 heteroatoms. The number of carbonyl (C=O) groups excluding carboxylic acids is 1. The van der Waals surface area contributed by atoms with E-state index in [2.05, 4.69) is 9.72 Å². The van der Waals surface area contributed by atoms with Gasteiger partial charge in [0, 0.05) is 17.3 Å². The number of pyridine rings is 1. The van der Waals surface area contributed by atoms with Crippen molar-refractivity contribution in [2.75, 3.05) is 7.11 Å². The fourth-order valence-corrected chi connectivity index (χ4v) is 1.41. The quantitative estimate of drug-likeness (QED) is 0.597. The highest BCUT2D eigenvalue weighted by Crippen LogP contribution is 2.25. The molecule has 0 unspecified atom stereocenters. The van der Waals surface area contributed by atoms with Gasteiger partial charge in [-0.1, -0.05) is 0 Å². The van der Waals surface area contributed by atoms with Gasteiger partial charge in [0.05, 0.1) is 13.0 Å². The lowest BCUT2D eigenvalue weighted by atomic mass is 10.1. The minimum Gasteiger partial charge on any atom is -0.464 e. The molecule has 15 heavy (non-hydrogen) atoms. The highest BCUT2D eigenvalue weighted by molar-refractivity contribution is 6.17. The standard InChI is InChI=1S/C9H8ClF2NO2/c1-15-9(14)7-6(4-10)5(8(11)12)2-3-13-7/h2-3,8H,4H2,1H3. The smallest absolute Gasteiger partial charge is 0.356 e. The number of esters is 1. The molecule has 3 nitrogen and oxygen atoms in total. The van der Waals surface area contributed by atoms with Crippen LogP contribution in [0.4, 0.5) is 8.78 Å². The van der Waals surface area contributed by atoms with Crippen LogP contribution in [0.2, 0.25) is 0 Å². The maximum absolute atomic E-state index is 12.5. The number of halogens is 3. The molecular weight excluding hydrogens is 228 g/mol. The van der Waals surface area contributed by atoms with Crippen LogP contribution in [0.1, 0.15) is 28.0 Å². The summed E-state index contributed by atoms with van der Waals surface area (Å²) in [5, 5.41) is 0. The summed E-state index contributed by atoms with van der Waals surface area (Å²) in [5.74, 6) is -0.981. The van der Waals surface area contributed by atoms with E-state index in [9.17, 15) is 13.6 Å². The van der Waals surface area contributed by atoms with Crippen LogP contribution < -0.4 is 0 Å². The van der Waals surface area contributed by atoms with E-state index in [1.54, 1.807) is 0 Å². The van der Waals surface area contributed by atoms with E-state index < -0.39 is 12.4 Å². The van der Waals surface area contributed by atoms with Crippen LogP contribution in [0.5, 0.6) is 0 Å². The number of aromatic nitrogens is 1. The molecular formula is C9H8ClF2NO2. The molecule has 1 aromatic heterocycles. The SMILES string of the molecule is COC(=O)c1nccc(C(F)F)c1CCl. The zero-order valence-corrected chi connectivity index (χ0v) is 8.59. The van der Waals surface area contributed by atoms with Crippen molar-refractivity contribution >= 4 is 17.6 Å². The normalized spacial score (nSPS) is 10.5. The van der Waals surface area contributed by atoms with Crippen LogP contribution in [0.3, 0.4) is 0 Å². The maximum Gasteiger partial charge on any atom is 0.356 e. The van der Waals surface area contributed by atoms with Crippen molar-refractivity contribution in [2.45, 2.75) is 12.3 Å². The van der Waals surface area contributed by atoms with Crippen molar-refractivity contribution in [3.63, 3.8) is 0 Å². The summed E-state index contributed by atoms with van der Waals surface area (Å²) in [6, 6.07) is 1.13. The summed E-state index contributed by atoms with van der Waals surface area (Å²) < 4.78 is 29.5. The molecule has 0 spiro atoms. The summed E-state index contributed by atoms with van der Waals surface area (Å²) in [7, 11) is 1.15.